The second-order valence-electron chi connectivity index (χ2n) is 6.76. The van der Waals surface area contributed by atoms with Gasteiger partial charge in [0.1, 0.15) is 35.0 Å². The van der Waals surface area contributed by atoms with Crippen LogP contribution in [0.2, 0.25) is 0 Å². The first kappa shape index (κ1) is 18.9. The van der Waals surface area contributed by atoms with E-state index in [1.807, 2.05) is 30.3 Å². The Hall–Kier alpha value is -3.46. The first-order valence-electron chi connectivity index (χ1n) is 8.88. The molecule has 4 aromatic rings. The van der Waals surface area contributed by atoms with E-state index in [0.29, 0.717) is 11.5 Å². The van der Waals surface area contributed by atoms with E-state index >= 15 is 0 Å². The second kappa shape index (κ2) is 7.51. The van der Waals surface area contributed by atoms with Crippen LogP contribution in [0.4, 0.5) is 8.78 Å². The predicted molar refractivity (Wildman–Crippen MR) is 98.4 cm³/mol. The van der Waals surface area contributed by atoms with Crippen molar-refractivity contribution in [1.29, 1.82) is 0 Å². The van der Waals surface area contributed by atoms with Crippen LogP contribution in [0.3, 0.4) is 0 Å². The highest BCUT2D eigenvalue weighted by Crippen LogP contribution is 2.40. The molecule has 7 nitrogen and oxygen atoms in total. The summed E-state index contributed by atoms with van der Waals surface area (Å²) in [5, 5.41) is 26.5. The van der Waals surface area contributed by atoms with Crippen molar-refractivity contribution in [3.63, 3.8) is 0 Å². The maximum Gasteiger partial charge on any atom is 0.143 e. The summed E-state index contributed by atoms with van der Waals surface area (Å²) < 4.78 is 34.8. The largest absolute Gasteiger partial charge is 0.382 e. The molecule has 4 rings (SSSR count). The summed E-state index contributed by atoms with van der Waals surface area (Å²) in [4.78, 5) is 0. The Morgan fingerprint density at radius 3 is 2.62 bits per heavy atom. The zero-order valence-electron chi connectivity index (χ0n) is 15.4. The van der Waals surface area contributed by atoms with Gasteiger partial charge in [0.15, 0.2) is 0 Å². The lowest BCUT2D eigenvalue weighted by Crippen LogP contribution is -2.38. The number of nitrogens with zero attached hydrogens (tertiary/aromatic N) is 5. The maximum absolute atomic E-state index is 14.6. The number of rotatable bonds is 6. The molecule has 148 valence electrons. The smallest absolute Gasteiger partial charge is 0.143 e. The fraction of sp³-hybridized carbons (Fsp3) is 0.200. The SMILES string of the molecule is C[C@@H](c1cc(-c2ccccc2)no1)[C@](O)(Cn1cnnn1)c1ccc(F)cc1F. The molecule has 0 spiro atoms. The van der Waals surface area contributed by atoms with Crippen molar-refractivity contribution in [2.45, 2.75) is 25.0 Å². The standard InChI is InChI=1S/C20H17F2N5O2/c1-13(19-10-18(24-29-19)14-5-3-2-4-6-14)20(28,11-27-12-23-25-26-27)16-8-7-15(21)9-17(16)22/h2-10,12-13,28H,11H2,1H3/t13-,20+/m0/s1. The summed E-state index contributed by atoms with van der Waals surface area (Å²) in [5.41, 5.74) is -0.510. The highest BCUT2D eigenvalue weighted by atomic mass is 19.1. The van der Waals surface area contributed by atoms with Gasteiger partial charge >= 0.3 is 0 Å². The van der Waals surface area contributed by atoms with Crippen LogP contribution in [0.5, 0.6) is 0 Å². The van der Waals surface area contributed by atoms with E-state index in [9.17, 15) is 13.9 Å². The van der Waals surface area contributed by atoms with E-state index < -0.39 is 23.2 Å². The first-order chi connectivity index (χ1) is 14.0. The van der Waals surface area contributed by atoms with Gasteiger partial charge in [0.05, 0.1) is 12.5 Å². The molecule has 0 amide bonds. The molecule has 0 saturated heterocycles. The van der Waals surface area contributed by atoms with Gasteiger partial charge < -0.3 is 9.63 Å². The van der Waals surface area contributed by atoms with E-state index in [2.05, 4.69) is 20.7 Å². The van der Waals surface area contributed by atoms with Crippen molar-refractivity contribution in [2.24, 2.45) is 0 Å². The lowest BCUT2D eigenvalue weighted by molar-refractivity contribution is -0.0185. The molecule has 2 atom stereocenters. The monoisotopic (exact) mass is 397 g/mol. The van der Waals surface area contributed by atoms with Crippen molar-refractivity contribution in [3.8, 4) is 11.3 Å². The van der Waals surface area contributed by atoms with E-state index in [1.54, 1.807) is 13.0 Å². The lowest BCUT2D eigenvalue weighted by Gasteiger charge is -2.33. The summed E-state index contributed by atoms with van der Waals surface area (Å²) >= 11 is 0. The minimum absolute atomic E-state index is 0.0976. The van der Waals surface area contributed by atoms with Crippen LogP contribution in [-0.4, -0.2) is 30.5 Å². The number of halogens is 2. The number of hydrogen-bond donors (Lipinski definition) is 1. The molecule has 0 saturated carbocycles. The molecule has 1 N–H and O–H groups in total. The summed E-state index contributed by atoms with van der Waals surface area (Å²) in [6.45, 7) is 1.49. The number of aliphatic hydroxyl groups is 1. The van der Waals surface area contributed by atoms with Crippen molar-refractivity contribution in [2.75, 3.05) is 0 Å². The maximum atomic E-state index is 14.6. The van der Waals surface area contributed by atoms with Gasteiger partial charge in [-0.25, -0.2) is 13.5 Å². The number of benzene rings is 2. The van der Waals surface area contributed by atoms with Gasteiger partial charge in [0.25, 0.3) is 0 Å². The summed E-state index contributed by atoms with van der Waals surface area (Å²) in [5.74, 6) is -2.04. The minimum atomic E-state index is -1.83. The molecule has 2 aromatic carbocycles. The number of aromatic nitrogens is 5. The van der Waals surface area contributed by atoms with Gasteiger partial charge in [-0.3, -0.25) is 0 Å². The highest BCUT2D eigenvalue weighted by Gasteiger charge is 2.42. The fourth-order valence-electron chi connectivity index (χ4n) is 3.27. The molecule has 0 unspecified atom stereocenters. The molecule has 0 radical (unpaired) electrons. The summed E-state index contributed by atoms with van der Waals surface area (Å²) in [7, 11) is 0. The Bertz CT molecular complexity index is 1100. The van der Waals surface area contributed by atoms with Crippen LogP contribution in [0.15, 0.2) is 65.4 Å². The van der Waals surface area contributed by atoms with Crippen molar-refractivity contribution >= 4 is 0 Å². The van der Waals surface area contributed by atoms with Gasteiger partial charge in [-0.1, -0.05) is 48.5 Å². The third kappa shape index (κ3) is 3.64. The van der Waals surface area contributed by atoms with Crippen LogP contribution in [0, 0.1) is 11.6 Å². The molecule has 2 heterocycles. The van der Waals surface area contributed by atoms with E-state index in [4.69, 9.17) is 4.52 Å². The summed E-state index contributed by atoms with van der Waals surface area (Å²) in [6.07, 6.45) is 1.30. The lowest BCUT2D eigenvalue weighted by atomic mass is 9.80. The Kier molecular flexibility index (Phi) is 4.89. The van der Waals surface area contributed by atoms with Gasteiger partial charge in [0, 0.05) is 23.3 Å². The molecule has 0 fully saturated rings. The average Bonchev–Trinajstić information content (AvgIpc) is 3.40. The molecule has 0 aliphatic rings. The Morgan fingerprint density at radius 1 is 1.14 bits per heavy atom. The van der Waals surface area contributed by atoms with Crippen LogP contribution in [0.25, 0.3) is 11.3 Å². The molecule has 0 aliphatic carbocycles. The third-order valence-corrected chi connectivity index (χ3v) is 4.93. The van der Waals surface area contributed by atoms with Crippen LogP contribution in [-0.2, 0) is 12.1 Å². The normalized spacial score (nSPS) is 14.5. The average molecular weight is 397 g/mol. The third-order valence-electron chi connectivity index (χ3n) is 4.93. The van der Waals surface area contributed by atoms with Gasteiger partial charge in [-0.2, -0.15) is 0 Å². The van der Waals surface area contributed by atoms with Crippen molar-refractivity contribution in [1.82, 2.24) is 25.4 Å². The molecule has 0 aliphatic heterocycles. The van der Waals surface area contributed by atoms with Crippen LogP contribution < -0.4 is 0 Å². The molecule has 29 heavy (non-hydrogen) atoms. The molecule has 9 heteroatoms. The summed E-state index contributed by atoms with van der Waals surface area (Å²) in [6, 6.07) is 14.1. The fourth-order valence-corrected chi connectivity index (χ4v) is 3.27. The second-order valence-corrected chi connectivity index (χ2v) is 6.76. The minimum Gasteiger partial charge on any atom is -0.382 e. The first-order valence-corrected chi connectivity index (χ1v) is 8.88. The van der Waals surface area contributed by atoms with Crippen LogP contribution >= 0.6 is 0 Å². The number of tetrazole rings is 1. The number of hydrogen-bond acceptors (Lipinski definition) is 6. The quantitative estimate of drug-likeness (QED) is 0.537. The Labute approximate surface area is 164 Å². The topological polar surface area (TPSA) is 89.9 Å². The molecular formula is C20H17F2N5O2. The van der Waals surface area contributed by atoms with Gasteiger partial charge in [-0.05, 0) is 16.5 Å². The van der Waals surface area contributed by atoms with Crippen molar-refractivity contribution in [3.05, 3.63) is 83.9 Å². The van der Waals surface area contributed by atoms with Gasteiger partial charge in [-0.15, -0.1) is 5.10 Å². The zero-order chi connectivity index (χ0) is 20.4. The molecule has 2 aromatic heterocycles. The zero-order valence-corrected chi connectivity index (χ0v) is 15.4. The molecular weight excluding hydrogens is 380 g/mol. The predicted octanol–water partition coefficient (Wildman–Crippen LogP) is 3.30. The van der Waals surface area contributed by atoms with Gasteiger partial charge in [0.2, 0.25) is 0 Å². The Morgan fingerprint density at radius 2 is 1.93 bits per heavy atom. The molecule has 0 bridgehead atoms. The van der Waals surface area contributed by atoms with Crippen LogP contribution in [0.1, 0.15) is 24.2 Å². The Balaban J connectivity index is 1.75. The van der Waals surface area contributed by atoms with Crippen molar-refractivity contribution < 1.29 is 18.4 Å². The van der Waals surface area contributed by atoms with E-state index in [1.165, 1.54) is 17.1 Å². The van der Waals surface area contributed by atoms with E-state index in [-0.39, 0.29) is 12.1 Å². The highest BCUT2D eigenvalue weighted by molar-refractivity contribution is 5.58. The van der Waals surface area contributed by atoms with E-state index in [0.717, 1.165) is 17.7 Å².